The average molecular weight is 379 g/mol. The van der Waals surface area contributed by atoms with Gasteiger partial charge in [0.05, 0.1) is 6.54 Å². The largest absolute Gasteiger partial charge is 0.369 e. The molecule has 1 aliphatic rings. The molecular formula is C20H25N7O. The molecule has 1 fully saturated rings. The molecule has 8 heteroatoms. The summed E-state index contributed by atoms with van der Waals surface area (Å²) in [7, 11) is 0. The number of hydrogen-bond acceptors (Lipinski definition) is 6. The van der Waals surface area contributed by atoms with Crippen LogP contribution in [0.1, 0.15) is 24.0 Å². The zero-order chi connectivity index (χ0) is 19.7. The lowest BCUT2D eigenvalue weighted by Crippen LogP contribution is -2.45. The second-order valence-electron chi connectivity index (χ2n) is 7.52. The summed E-state index contributed by atoms with van der Waals surface area (Å²) in [5.74, 6) is 1.20. The Hall–Kier alpha value is -3.00. The highest BCUT2D eigenvalue weighted by Crippen LogP contribution is 2.27. The van der Waals surface area contributed by atoms with Gasteiger partial charge in [-0.25, -0.2) is 15.0 Å². The molecular weight excluding hydrogens is 354 g/mol. The highest BCUT2D eigenvalue weighted by atomic mass is 16.1. The van der Waals surface area contributed by atoms with Gasteiger partial charge in [0.25, 0.3) is 0 Å². The first-order valence-corrected chi connectivity index (χ1v) is 9.54. The monoisotopic (exact) mass is 379 g/mol. The van der Waals surface area contributed by atoms with Crippen molar-refractivity contribution in [3.63, 3.8) is 0 Å². The molecule has 1 aliphatic heterocycles. The number of hydrogen-bond donors (Lipinski definition) is 3. The molecule has 28 heavy (non-hydrogen) atoms. The van der Waals surface area contributed by atoms with E-state index < -0.39 is 0 Å². The number of primary amides is 1. The van der Waals surface area contributed by atoms with Crippen molar-refractivity contribution in [1.82, 2.24) is 24.8 Å². The number of piperidine rings is 1. The summed E-state index contributed by atoms with van der Waals surface area (Å²) >= 11 is 0. The number of nitrogens with two attached hydrogens (primary N) is 1. The van der Waals surface area contributed by atoms with Crippen LogP contribution in [-0.4, -0.2) is 56.4 Å². The average Bonchev–Trinajstić information content (AvgIpc) is 3.06. The minimum Gasteiger partial charge on any atom is -0.369 e. The van der Waals surface area contributed by atoms with E-state index in [1.807, 2.05) is 32.4 Å². The standard InChI is InChI=1S/C20H25N7O/c1-12-6-15-16(9-24-19(15)22-7-12)20-23-8-13(2)18(26-20)25-14-4-3-5-27(10-14)11-17(21)28/h6-9,14H,3-5,10-11H2,1-2H3,(H2,21,28)(H,22,24)(H,23,25,26). The minimum atomic E-state index is -0.288. The maximum absolute atomic E-state index is 11.2. The molecule has 146 valence electrons. The van der Waals surface area contributed by atoms with Crippen LogP contribution in [0.5, 0.6) is 0 Å². The predicted octanol–water partition coefficient (Wildman–Crippen LogP) is 2.00. The first-order valence-electron chi connectivity index (χ1n) is 9.54. The molecule has 0 bridgehead atoms. The number of nitrogens with one attached hydrogen (secondary N) is 2. The number of anilines is 1. The van der Waals surface area contributed by atoms with E-state index in [0.717, 1.165) is 59.5 Å². The number of amides is 1. The second kappa shape index (κ2) is 7.55. The summed E-state index contributed by atoms with van der Waals surface area (Å²) in [6, 6.07) is 2.31. The quantitative estimate of drug-likeness (QED) is 0.625. The van der Waals surface area contributed by atoms with Gasteiger partial charge in [-0.15, -0.1) is 0 Å². The number of carbonyl (C=O) groups is 1. The summed E-state index contributed by atoms with van der Waals surface area (Å²) in [5.41, 5.74) is 9.20. The molecule has 0 aliphatic carbocycles. The molecule has 8 nitrogen and oxygen atoms in total. The molecule has 1 saturated heterocycles. The van der Waals surface area contributed by atoms with Gasteiger partial charge >= 0.3 is 0 Å². The van der Waals surface area contributed by atoms with E-state index in [1.165, 1.54) is 0 Å². The molecule has 4 heterocycles. The van der Waals surface area contributed by atoms with E-state index in [9.17, 15) is 4.79 Å². The maximum atomic E-state index is 11.2. The van der Waals surface area contributed by atoms with E-state index in [2.05, 4.69) is 31.2 Å². The molecule has 1 atom stereocenters. The van der Waals surface area contributed by atoms with Crippen LogP contribution in [0.3, 0.4) is 0 Å². The Bertz CT molecular complexity index is 1010. The Morgan fingerprint density at radius 3 is 3.04 bits per heavy atom. The summed E-state index contributed by atoms with van der Waals surface area (Å²) in [6.07, 6.45) is 7.64. The van der Waals surface area contributed by atoms with Crippen LogP contribution in [-0.2, 0) is 4.79 Å². The fraction of sp³-hybridized carbons (Fsp3) is 0.400. The molecule has 1 unspecified atom stereocenters. The van der Waals surface area contributed by atoms with Gasteiger partial charge in [0, 0.05) is 47.7 Å². The number of carbonyl (C=O) groups excluding carboxylic acids is 1. The van der Waals surface area contributed by atoms with Crippen LogP contribution in [0.4, 0.5) is 5.82 Å². The molecule has 0 spiro atoms. The maximum Gasteiger partial charge on any atom is 0.231 e. The number of aryl methyl sites for hydroxylation is 2. The molecule has 4 rings (SSSR count). The van der Waals surface area contributed by atoms with Crippen molar-refractivity contribution in [3.8, 4) is 11.4 Å². The molecule has 0 saturated carbocycles. The van der Waals surface area contributed by atoms with Crippen molar-refractivity contribution in [2.24, 2.45) is 5.73 Å². The summed E-state index contributed by atoms with van der Waals surface area (Å²) in [6.45, 7) is 5.99. The lowest BCUT2D eigenvalue weighted by atomic mass is 10.1. The van der Waals surface area contributed by atoms with Crippen molar-refractivity contribution >= 4 is 22.8 Å². The third-order valence-electron chi connectivity index (χ3n) is 5.11. The van der Waals surface area contributed by atoms with Crippen LogP contribution in [0, 0.1) is 13.8 Å². The van der Waals surface area contributed by atoms with Crippen LogP contribution >= 0.6 is 0 Å². The fourth-order valence-electron chi connectivity index (χ4n) is 3.74. The lowest BCUT2D eigenvalue weighted by Gasteiger charge is -2.32. The molecule has 0 radical (unpaired) electrons. The van der Waals surface area contributed by atoms with Crippen LogP contribution < -0.4 is 11.1 Å². The number of aromatic amines is 1. The molecule has 3 aromatic heterocycles. The van der Waals surface area contributed by atoms with Gasteiger partial charge in [-0.2, -0.15) is 0 Å². The van der Waals surface area contributed by atoms with Crippen LogP contribution in [0.25, 0.3) is 22.4 Å². The van der Waals surface area contributed by atoms with Gasteiger partial charge < -0.3 is 16.0 Å². The molecule has 0 aromatic carbocycles. The number of nitrogens with zero attached hydrogens (tertiary/aromatic N) is 4. The number of rotatable bonds is 5. The number of H-pyrrole nitrogens is 1. The number of fused-ring (bicyclic) bond motifs is 1. The van der Waals surface area contributed by atoms with Crippen molar-refractivity contribution in [1.29, 1.82) is 0 Å². The summed E-state index contributed by atoms with van der Waals surface area (Å²) in [5, 5.41) is 4.56. The third-order valence-corrected chi connectivity index (χ3v) is 5.11. The zero-order valence-corrected chi connectivity index (χ0v) is 16.2. The van der Waals surface area contributed by atoms with Gasteiger partial charge in [-0.05, 0) is 44.9 Å². The van der Waals surface area contributed by atoms with Gasteiger partial charge in [-0.3, -0.25) is 9.69 Å². The fourth-order valence-corrected chi connectivity index (χ4v) is 3.74. The van der Waals surface area contributed by atoms with E-state index in [0.29, 0.717) is 12.4 Å². The van der Waals surface area contributed by atoms with Crippen molar-refractivity contribution < 1.29 is 4.79 Å². The van der Waals surface area contributed by atoms with Gasteiger partial charge in [0.2, 0.25) is 5.91 Å². The number of pyridine rings is 1. The Morgan fingerprint density at radius 2 is 2.21 bits per heavy atom. The van der Waals surface area contributed by atoms with Gasteiger partial charge in [0.1, 0.15) is 11.5 Å². The molecule has 4 N–H and O–H groups in total. The zero-order valence-electron chi connectivity index (χ0n) is 16.2. The SMILES string of the molecule is Cc1cnc2[nH]cc(-c3ncc(C)c(NC4CCCN(CC(N)=O)C4)n3)c2c1. The van der Waals surface area contributed by atoms with Crippen LogP contribution in [0.15, 0.2) is 24.7 Å². The first-order chi connectivity index (χ1) is 13.5. The minimum absolute atomic E-state index is 0.224. The Morgan fingerprint density at radius 1 is 1.36 bits per heavy atom. The Labute approximate surface area is 163 Å². The molecule has 3 aromatic rings. The first kappa shape index (κ1) is 18.4. The lowest BCUT2D eigenvalue weighted by molar-refractivity contribution is -0.119. The highest BCUT2D eigenvalue weighted by molar-refractivity contribution is 5.92. The smallest absolute Gasteiger partial charge is 0.231 e. The normalized spacial score (nSPS) is 17.7. The van der Waals surface area contributed by atoms with Crippen molar-refractivity contribution in [2.75, 3.05) is 25.0 Å². The van der Waals surface area contributed by atoms with Gasteiger partial charge in [0.15, 0.2) is 5.82 Å². The molecule has 1 amide bonds. The number of aromatic nitrogens is 4. The van der Waals surface area contributed by atoms with E-state index in [4.69, 9.17) is 10.7 Å². The third kappa shape index (κ3) is 3.82. The highest BCUT2D eigenvalue weighted by Gasteiger charge is 2.22. The topological polar surface area (TPSA) is 113 Å². The summed E-state index contributed by atoms with van der Waals surface area (Å²) in [4.78, 5) is 30.3. The van der Waals surface area contributed by atoms with Crippen LogP contribution in [0.2, 0.25) is 0 Å². The summed E-state index contributed by atoms with van der Waals surface area (Å²) < 4.78 is 0. The Balaban J connectivity index is 1.59. The van der Waals surface area contributed by atoms with Crippen molar-refractivity contribution in [3.05, 3.63) is 35.8 Å². The Kier molecular flexibility index (Phi) is 4.95. The van der Waals surface area contributed by atoms with Crippen molar-refractivity contribution in [2.45, 2.75) is 32.7 Å². The van der Waals surface area contributed by atoms with Gasteiger partial charge in [-0.1, -0.05) is 0 Å². The predicted molar refractivity (Wildman–Crippen MR) is 109 cm³/mol. The van der Waals surface area contributed by atoms with E-state index >= 15 is 0 Å². The number of likely N-dealkylation sites (tertiary alicyclic amines) is 1. The van der Waals surface area contributed by atoms with E-state index in [1.54, 1.807) is 0 Å². The second-order valence-corrected chi connectivity index (χ2v) is 7.52. The van der Waals surface area contributed by atoms with E-state index in [-0.39, 0.29) is 11.9 Å².